The third kappa shape index (κ3) is 4.06. The van der Waals surface area contributed by atoms with E-state index >= 15 is 0 Å². The number of carbonyl (C=O) groups is 1. The first kappa shape index (κ1) is 24.0. The van der Waals surface area contributed by atoms with E-state index in [9.17, 15) is 23.7 Å². The third-order valence-corrected chi connectivity index (χ3v) is 7.92. The number of halogens is 1. The van der Waals surface area contributed by atoms with Crippen LogP contribution in [-0.4, -0.2) is 26.1 Å². The summed E-state index contributed by atoms with van der Waals surface area (Å²) < 4.78 is 31.1. The van der Waals surface area contributed by atoms with Gasteiger partial charge in [-0.15, -0.1) is 0 Å². The molecule has 168 valence electrons. The summed E-state index contributed by atoms with van der Waals surface area (Å²) in [5, 5.41) is 9.91. The maximum atomic E-state index is 13.5. The van der Waals surface area contributed by atoms with Gasteiger partial charge in [0.2, 0.25) is 0 Å². The van der Waals surface area contributed by atoms with Crippen LogP contribution in [0.5, 0.6) is 0 Å². The molecule has 3 rings (SSSR count). The molecule has 0 saturated carbocycles. The number of hydrogen-bond acceptors (Lipinski definition) is 5. The summed E-state index contributed by atoms with van der Waals surface area (Å²) in [4.78, 5) is 28.1. The van der Waals surface area contributed by atoms with E-state index in [-0.39, 0.29) is 12.0 Å². The Morgan fingerprint density at radius 3 is 2.56 bits per heavy atom. The van der Waals surface area contributed by atoms with Crippen LogP contribution in [0.4, 0.5) is 4.39 Å². The van der Waals surface area contributed by atoms with Crippen LogP contribution < -0.4 is 0 Å². The van der Waals surface area contributed by atoms with Gasteiger partial charge in [-0.1, -0.05) is 32.4 Å². The number of hydrogen-bond donors (Lipinski definition) is 2. The quantitative estimate of drug-likeness (QED) is 0.372. The molecular formula is C24H26FNO5P+. The fourth-order valence-corrected chi connectivity index (χ4v) is 5.81. The molecule has 0 aliphatic heterocycles. The highest BCUT2D eigenvalue weighted by molar-refractivity contribution is 7.41. The minimum absolute atomic E-state index is 0.211. The SMILES string of the molecule is C#COC(=O)C(C(C)C)([P+](=O)O)C(O)(Cc1ccc(F)cc1)c1cnc2c(c1)CCCC2. The molecule has 6 nitrogen and oxygen atoms in total. The number of nitrogens with zero attached hydrogens (tertiary/aromatic N) is 1. The fraction of sp³-hybridized carbons (Fsp3) is 0.417. The zero-order valence-corrected chi connectivity index (χ0v) is 18.9. The lowest BCUT2D eigenvalue weighted by atomic mass is 9.71. The molecule has 1 aromatic carbocycles. The van der Waals surface area contributed by atoms with Crippen molar-refractivity contribution in [2.24, 2.45) is 5.92 Å². The Hall–Kier alpha value is -2.65. The number of aromatic nitrogens is 1. The zero-order chi connectivity index (χ0) is 23.5. The summed E-state index contributed by atoms with van der Waals surface area (Å²) in [5.74, 6) is -2.50. The summed E-state index contributed by atoms with van der Waals surface area (Å²) in [6.07, 6.45) is 11.6. The zero-order valence-electron chi connectivity index (χ0n) is 18.0. The number of terminal acetylenes is 1. The Labute approximate surface area is 187 Å². The lowest BCUT2D eigenvalue weighted by Gasteiger charge is -2.39. The highest BCUT2D eigenvalue weighted by Crippen LogP contribution is 2.55. The number of fused-ring (bicyclic) bond motifs is 1. The molecular weight excluding hydrogens is 432 g/mol. The molecule has 1 aromatic heterocycles. The van der Waals surface area contributed by atoms with Crippen molar-refractivity contribution in [1.29, 1.82) is 0 Å². The van der Waals surface area contributed by atoms with Crippen molar-refractivity contribution in [2.75, 3.05) is 0 Å². The van der Waals surface area contributed by atoms with E-state index in [0.717, 1.165) is 36.9 Å². The van der Waals surface area contributed by atoms with Crippen molar-refractivity contribution in [3.63, 3.8) is 0 Å². The van der Waals surface area contributed by atoms with Crippen LogP contribution in [0.15, 0.2) is 36.5 Å². The first-order valence-electron chi connectivity index (χ1n) is 10.4. The van der Waals surface area contributed by atoms with E-state index in [4.69, 9.17) is 11.2 Å². The Balaban J connectivity index is 2.29. The first-order chi connectivity index (χ1) is 15.2. The average Bonchev–Trinajstić information content (AvgIpc) is 2.75. The van der Waals surface area contributed by atoms with Crippen molar-refractivity contribution in [2.45, 2.75) is 56.7 Å². The van der Waals surface area contributed by atoms with Crippen LogP contribution in [0.3, 0.4) is 0 Å². The van der Waals surface area contributed by atoms with Gasteiger partial charge in [-0.3, -0.25) is 4.98 Å². The lowest BCUT2D eigenvalue weighted by Crippen LogP contribution is -2.59. The van der Waals surface area contributed by atoms with Crippen molar-refractivity contribution in [3.8, 4) is 12.5 Å². The number of rotatable bonds is 7. The Kier molecular flexibility index (Phi) is 7.09. The van der Waals surface area contributed by atoms with Gasteiger partial charge in [0.05, 0.1) is 0 Å². The lowest BCUT2D eigenvalue weighted by molar-refractivity contribution is -0.152. The van der Waals surface area contributed by atoms with Crippen LogP contribution in [0.1, 0.15) is 49.1 Å². The number of esters is 1. The van der Waals surface area contributed by atoms with Gasteiger partial charge in [-0.2, -0.15) is 4.89 Å². The van der Waals surface area contributed by atoms with E-state index in [1.165, 1.54) is 30.5 Å². The minimum atomic E-state index is -3.34. The van der Waals surface area contributed by atoms with E-state index in [1.54, 1.807) is 26.0 Å². The second-order valence-electron chi connectivity index (χ2n) is 8.40. The van der Waals surface area contributed by atoms with Gasteiger partial charge in [-0.25, -0.2) is 9.18 Å². The second kappa shape index (κ2) is 9.46. The molecule has 2 aromatic rings. The van der Waals surface area contributed by atoms with Crippen LogP contribution in [0.25, 0.3) is 0 Å². The van der Waals surface area contributed by atoms with Crippen molar-refractivity contribution < 1.29 is 28.5 Å². The summed E-state index contributed by atoms with van der Waals surface area (Å²) in [5.41, 5.74) is 0.278. The molecule has 0 radical (unpaired) electrons. The van der Waals surface area contributed by atoms with Crippen molar-refractivity contribution in [1.82, 2.24) is 4.98 Å². The molecule has 2 N–H and O–H groups in total. The molecule has 32 heavy (non-hydrogen) atoms. The minimum Gasteiger partial charge on any atom is -0.379 e. The van der Waals surface area contributed by atoms with Gasteiger partial charge in [0.25, 0.3) is 0 Å². The Bertz CT molecular complexity index is 1070. The van der Waals surface area contributed by atoms with Gasteiger partial charge in [0.15, 0.2) is 5.60 Å². The van der Waals surface area contributed by atoms with Crippen LogP contribution >= 0.6 is 8.03 Å². The van der Waals surface area contributed by atoms with Gasteiger partial charge in [0, 0.05) is 29.8 Å². The van der Waals surface area contributed by atoms with Crippen molar-refractivity contribution in [3.05, 3.63) is 64.7 Å². The van der Waals surface area contributed by atoms with E-state index in [2.05, 4.69) is 4.98 Å². The third-order valence-electron chi connectivity index (χ3n) is 6.25. The second-order valence-corrected chi connectivity index (χ2v) is 9.65. The Morgan fingerprint density at radius 2 is 1.97 bits per heavy atom. The largest absolute Gasteiger partial charge is 0.527 e. The average molecular weight is 458 g/mol. The Morgan fingerprint density at radius 1 is 1.31 bits per heavy atom. The molecule has 1 aliphatic carbocycles. The van der Waals surface area contributed by atoms with E-state index < -0.39 is 36.5 Å². The maximum Gasteiger partial charge on any atom is 0.527 e. The normalized spacial score (nSPS) is 17.5. The summed E-state index contributed by atoms with van der Waals surface area (Å²) >= 11 is 0. The van der Waals surface area contributed by atoms with E-state index in [1.807, 2.05) is 0 Å². The first-order valence-corrected chi connectivity index (χ1v) is 11.7. The number of aryl methyl sites for hydroxylation is 2. The van der Waals surface area contributed by atoms with Crippen LogP contribution in [0.2, 0.25) is 0 Å². The number of benzene rings is 1. The molecule has 0 saturated heterocycles. The van der Waals surface area contributed by atoms with Gasteiger partial charge >= 0.3 is 19.2 Å². The molecule has 3 atom stereocenters. The maximum absolute atomic E-state index is 13.5. The monoisotopic (exact) mass is 458 g/mol. The number of ether oxygens (including phenoxy) is 1. The summed E-state index contributed by atoms with van der Waals surface area (Å²) in [6.45, 7) is 3.09. The van der Waals surface area contributed by atoms with Crippen LogP contribution in [-0.2, 0) is 39.0 Å². The number of carbonyl (C=O) groups excluding carboxylic acids is 1. The highest BCUT2D eigenvalue weighted by atomic mass is 31.1. The number of aliphatic hydroxyl groups is 1. The molecule has 0 spiro atoms. The summed E-state index contributed by atoms with van der Waals surface area (Å²) in [7, 11) is -3.34. The van der Waals surface area contributed by atoms with Crippen molar-refractivity contribution >= 4 is 14.0 Å². The molecule has 0 amide bonds. The molecule has 1 aliphatic rings. The molecule has 0 bridgehead atoms. The van der Waals surface area contributed by atoms with Gasteiger partial charge < -0.3 is 9.84 Å². The fourth-order valence-electron chi connectivity index (χ4n) is 4.64. The van der Waals surface area contributed by atoms with Gasteiger partial charge in [0.1, 0.15) is 11.9 Å². The smallest absolute Gasteiger partial charge is 0.379 e. The highest BCUT2D eigenvalue weighted by Gasteiger charge is 2.74. The molecule has 1 heterocycles. The molecule has 0 fully saturated rings. The molecule has 3 unspecified atom stereocenters. The van der Waals surface area contributed by atoms with Crippen LogP contribution in [0, 0.1) is 24.3 Å². The predicted molar refractivity (Wildman–Crippen MR) is 117 cm³/mol. The standard InChI is InChI=1S/C24H25FNO5P/c1-4-31-22(27)24(16(2)3,32(29)30)23(28,14-17-9-11-20(25)12-10-17)19-13-18-7-5-6-8-21(18)26-15-19/h1,9-13,15-16,28H,5-8,14H2,2-3H3/p+1. The van der Waals surface area contributed by atoms with Gasteiger partial charge in [-0.05, 0) is 59.6 Å². The summed E-state index contributed by atoms with van der Waals surface area (Å²) in [6, 6.07) is 7.08. The van der Waals surface area contributed by atoms with E-state index in [0.29, 0.717) is 5.56 Å². The topological polar surface area (TPSA) is 96.7 Å². The number of pyridine rings is 1. The molecule has 8 heteroatoms. The predicted octanol–water partition coefficient (Wildman–Crippen LogP) is 3.79.